The van der Waals surface area contributed by atoms with Gasteiger partial charge in [0.2, 0.25) is 11.1 Å². The standard InChI is InChI=1S/C17H15N5O4S/c1-10-8-11(22(25)26)6-7-13(10)18-15(24)9-27-17-19-16(20-21-17)12-4-2-3-5-14(12)23/h2-8,23H,9H2,1H3,(H,18,24)(H,19,20,21). The van der Waals surface area contributed by atoms with Crippen molar-refractivity contribution < 1.29 is 14.8 Å². The maximum atomic E-state index is 12.1. The summed E-state index contributed by atoms with van der Waals surface area (Å²) in [5.41, 5.74) is 1.60. The van der Waals surface area contributed by atoms with Crippen molar-refractivity contribution in [2.75, 3.05) is 11.1 Å². The van der Waals surface area contributed by atoms with Crippen LogP contribution in [0, 0.1) is 17.0 Å². The SMILES string of the molecule is Cc1cc([N+](=O)[O-])ccc1NC(=O)CSc1n[nH]c(-c2ccccc2O)n1. The monoisotopic (exact) mass is 385 g/mol. The van der Waals surface area contributed by atoms with Crippen LogP contribution in [0.5, 0.6) is 5.75 Å². The number of para-hydroxylation sites is 1. The average Bonchev–Trinajstić information content (AvgIpc) is 3.10. The van der Waals surface area contributed by atoms with Crippen LogP contribution in [0.3, 0.4) is 0 Å². The second kappa shape index (κ2) is 7.87. The largest absolute Gasteiger partial charge is 0.507 e. The Hall–Kier alpha value is -3.40. The maximum absolute atomic E-state index is 12.1. The van der Waals surface area contributed by atoms with Gasteiger partial charge in [-0.2, -0.15) is 0 Å². The second-order valence-electron chi connectivity index (χ2n) is 5.58. The molecule has 0 aliphatic heterocycles. The molecule has 0 bridgehead atoms. The third kappa shape index (κ3) is 4.42. The van der Waals surface area contributed by atoms with Gasteiger partial charge >= 0.3 is 0 Å². The molecule has 0 fully saturated rings. The number of aromatic nitrogens is 3. The first-order chi connectivity index (χ1) is 12.9. The van der Waals surface area contributed by atoms with E-state index in [0.29, 0.717) is 27.8 Å². The van der Waals surface area contributed by atoms with Crippen LogP contribution in [0.15, 0.2) is 47.6 Å². The van der Waals surface area contributed by atoms with E-state index >= 15 is 0 Å². The molecule has 0 radical (unpaired) electrons. The Morgan fingerprint density at radius 2 is 2.11 bits per heavy atom. The summed E-state index contributed by atoms with van der Waals surface area (Å²) in [4.78, 5) is 26.6. The molecule has 1 aromatic heterocycles. The molecule has 0 saturated carbocycles. The summed E-state index contributed by atoms with van der Waals surface area (Å²) in [7, 11) is 0. The molecule has 10 heteroatoms. The topological polar surface area (TPSA) is 134 Å². The number of carbonyl (C=O) groups is 1. The van der Waals surface area contributed by atoms with Gasteiger partial charge in [0.05, 0.1) is 16.2 Å². The highest BCUT2D eigenvalue weighted by Gasteiger charge is 2.13. The highest BCUT2D eigenvalue weighted by atomic mass is 32.2. The zero-order chi connectivity index (χ0) is 19.4. The Labute approximate surface area is 158 Å². The van der Waals surface area contributed by atoms with Gasteiger partial charge in [-0.15, -0.1) is 5.10 Å². The maximum Gasteiger partial charge on any atom is 0.269 e. The van der Waals surface area contributed by atoms with E-state index in [-0.39, 0.29) is 23.1 Å². The summed E-state index contributed by atoms with van der Waals surface area (Å²) < 4.78 is 0. The number of hydrogen-bond donors (Lipinski definition) is 3. The molecule has 9 nitrogen and oxygen atoms in total. The molecule has 3 rings (SSSR count). The predicted molar refractivity (Wildman–Crippen MR) is 101 cm³/mol. The van der Waals surface area contributed by atoms with Crippen LogP contribution >= 0.6 is 11.8 Å². The van der Waals surface area contributed by atoms with E-state index in [0.717, 1.165) is 11.8 Å². The Morgan fingerprint density at radius 3 is 2.81 bits per heavy atom. The molecule has 0 spiro atoms. The third-order valence-electron chi connectivity index (χ3n) is 3.65. The van der Waals surface area contributed by atoms with Crippen LogP contribution in [0.2, 0.25) is 0 Å². The number of non-ortho nitro benzene ring substituents is 1. The lowest BCUT2D eigenvalue weighted by Gasteiger charge is -2.07. The average molecular weight is 385 g/mol. The van der Waals surface area contributed by atoms with Crippen molar-refractivity contribution in [2.45, 2.75) is 12.1 Å². The number of amides is 1. The van der Waals surface area contributed by atoms with Crippen molar-refractivity contribution in [3.05, 3.63) is 58.1 Å². The molecule has 0 aliphatic carbocycles. The molecule has 1 heterocycles. The number of nitro groups is 1. The van der Waals surface area contributed by atoms with Gasteiger partial charge in [0.15, 0.2) is 5.82 Å². The smallest absolute Gasteiger partial charge is 0.269 e. The van der Waals surface area contributed by atoms with Gasteiger partial charge in [-0.05, 0) is 30.7 Å². The minimum Gasteiger partial charge on any atom is -0.507 e. The summed E-state index contributed by atoms with van der Waals surface area (Å²) in [5.74, 6) is 0.263. The number of nitrogens with one attached hydrogen (secondary N) is 2. The summed E-state index contributed by atoms with van der Waals surface area (Å²) in [6.07, 6.45) is 0. The van der Waals surface area contributed by atoms with Gasteiger partial charge in [0, 0.05) is 17.8 Å². The summed E-state index contributed by atoms with van der Waals surface area (Å²) in [5, 5.41) is 30.4. The Kier molecular flexibility index (Phi) is 5.36. The number of aryl methyl sites for hydroxylation is 1. The summed E-state index contributed by atoms with van der Waals surface area (Å²) in [6.45, 7) is 1.68. The number of aromatic amines is 1. The number of hydrogen-bond acceptors (Lipinski definition) is 7. The number of nitrogens with zero attached hydrogens (tertiary/aromatic N) is 3. The minimum absolute atomic E-state index is 0.0303. The Balaban J connectivity index is 1.60. The number of aromatic hydroxyl groups is 1. The second-order valence-corrected chi connectivity index (χ2v) is 6.52. The molecular weight excluding hydrogens is 370 g/mol. The first kappa shape index (κ1) is 18.4. The number of carbonyl (C=O) groups excluding carboxylic acids is 1. The molecule has 3 aromatic rings. The fraction of sp³-hybridized carbons (Fsp3) is 0.118. The number of H-pyrrole nitrogens is 1. The zero-order valence-electron chi connectivity index (χ0n) is 14.2. The number of phenolic OH excluding ortho intramolecular Hbond substituents is 1. The van der Waals surface area contributed by atoms with Crippen molar-refractivity contribution in [1.82, 2.24) is 15.2 Å². The van der Waals surface area contributed by atoms with Crippen LogP contribution in [0.4, 0.5) is 11.4 Å². The van der Waals surface area contributed by atoms with Crippen LogP contribution in [0.25, 0.3) is 11.4 Å². The number of phenols is 1. The predicted octanol–water partition coefficient (Wildman–Crippen LogP) is 3.12. The third-order valence-corrected chi connectivity index (χ3v) is 4.50. The fourth-order valence-electron chi connectivity index (χ4n) is 2.32. The number of nitro benzene ring substituents is 1. The lowest BCUT2D eigenvalue weighted by Crippen LogP contribution is -2.15. The van der Waals surface area contributed by atoms with E-state index in [1.807, 2.05) is 0 Å². The van der Waals surface area contributed by atoms with Gasteiger partial charge in [0.25, 0.3) is 5.69 Å². The highest BCUT2D eigenvalue weighted by Crippen LogP contribution is 2.27. The van der Waals surface area contributed by atoms with Crippen LogP contribution in [0.1, 0.15) is 5.56 Å². The fourth-order valence-corrected chi connectivity index (χ4v) is 2.92. The van der Waals surface area contributed by atoms with Gasteiger partial charge in [-0.25, -0.2) is 4.98 Å². The number of thioether (sulfide) groups is 1. The van der Waals surface area contributed by atoms with Crippen molar-refractivity contribution in [2.24, 2.45) is 0 Å². The molecule has 138 valence electrons. The summed E-state index contributed by atoms with van der Waals surface area (Å²) in [6, 6.07) is 11.0. The normalized spacial score (nSPS) is 10.6. The van der Waals surface area contributed by atoms with Gasteiger partial charge in [0.1, 0.15) is 5.75 Å². The minimum atomic E-state index is -0.486. The van der Waals surface area contributed by atoms with Crippen LogP contribution < -0.4 is 5.32 Å². The van der Waals surface area contributed by atoms with Crippen molar-refractivity contribution in [3.63, 3.8) is 0 Å². The highest BCUT2D eigenvalue weighted by molar-refractivity contribution is 7.99. The van der Waals surface area contributed by atoms with Crippen molar-refractivity contribution in [3.8, 4) is 17.1 Å². The molecule has 0 saturated heterocycles. The van der Waals surface area contributed by atoms with Gasteiger partial charge in [-0.1, -0.05) is 23.9 Å². The first-order valence-electron chi connectivity index (χ1n) is 7.82. The molecule has 27 heavy (non-hydrogen) atoms. The first-order valence-corrected chi connectivity index (χ1v) is 8.81. The van der Waals surface area contributed by atoms with E-state index in [1.54, 1.807) is 31.2 Å². The Morgan fingerprint density at radius 1 is 1.33 bits per heavy atom. The number of benzene rings is 2. The molecular formula is C17H15N5O4S. The lowest BCUT2D eigenvalue weighted by molar-refractivity contribution is -0.384. The summed E-state index contributed by atoms with van der Waals surface area (Å²) >= 11 is 1.13. The number of rotatable bonds is 6. The van der Waals surface area contributed by atoms with Gasteiger partial charge in [-0.3, -0.25) is 20.0 Å². The van der Waals surface area contributed by atoms with Crippen molar-refractivity contribution >= 4 is 29.0 Å². The van der Waals surface area contributed by atoms with Crippen LogP contribution in [-0.4, -0.2) is 36.9 Å². The molecule has 1 amide bonds. The zero-order valence-corrected chi connectivity index (χ0v) is 15.0. The van der Waals surface area contributed by atoms with E-state index in [1.165, 1.54) is 18.2 Å². The van der Waals surface area contributed by atoms with E-state index in [9.17, 15) is 20.0 Å². The Bertz CT molecular complexity index is 1000. The molecule has 3 N–H and O–H groups in total. The molecule has 0 unspecified atom stereocenters. The van der Waals surface area contributed by atoms with E-state index in [4.69, 9.17) is 0 Å². The van der Waals surface area contributed by atoms with Gasteiger partial charge < -0.3 is 10.4 Å². The molecule has 0 atom stereocenters. The lowest BCUT2D eigenvalue weighted by atomic mass is 10.2. The molecule has 2 aromatic carbocycles. The van der Waals surface area contributed by atoms with E-state index < -0.39 is 4.92 Å². The molecule has 0 aliphatic rings. The van der Waals surface area contributed by atoms with E-state index in [2.05, 4.69) is 20.5 Å². The quantitative estimate of drug-likeness (QED) is 0.337. The van der Waals surface area contributed by atoms with Crippen LogP contribution in [-0.2, 0) is 4.79 Å². The van der Waals surface area contributed by atoms with Crippen molar-refractivity contribution in [1.29, 1.82) is 0 Å². The number of anilines is 1.